The van der Waals surface area contributed by atoms with Crippen LogP contribution in [0.5, 0.6) is 0 Å². The Kier molecular flexibility index (Phi) is 2.24. The van der Waals surface area contributed by atoms with Crippen molar-refractivity contribution in [2.24, 2.45) is 5.90 Å². The number of rotatable bonds is 2. The summed E-state index contributed by atoms with van der Waals surface area (Å²) in [6, 6.07) is 3.75. The Morgan fingerprint density at radius 3 is 2.56 bits per heavy atom. The highest BCUT2D eigenvalue weighted by Crippen LogP contribution is 2.37. The Bertz CT molecular complexity index is 604. The van der Waals surface area contributed by atoms with Crippen LogP contribution in [0.3, 0.4) is 0 Å². The molecule has 0 aliphatic heterocycles. The lowest BCUT2D eigenvalue weighted by atomic mass is 10.1. The van der Waals surface area contributed by atoms with E-state index in [9.17, 15) is 0 Å². The standard InChI is InChI=1S/C11H8BrNO3/c12-9-7-2-4-14-10(7)8(5-16-13)6-1-3-15-11(6)9/h1-4H,5,13H2. The first-order valence-electron chi connectivity index (χ1n) is 4.69. The fraction of sp³-hybridized carbons (Fsp3) is 0.0909. The average Bonchev–Trinajstić information content (AvgIpc) is 2.92. The van der Waals surface area contributed by atoms with E-state index >= 15 is 0 Å². The summed E-state index contributed by atoms with van der Waals surface area (Å²) in [5.41, 5.74) is 2.45. The maximum Gasteiger partial charge on any atom is 0.149 e. The molecule has 0 amide bonds. The van der Waals surface area contributed by atoms with Crippen molar-refractivity contribution in [1.29, 1.82) is 0 Å². The monoisotopic (exact) mass is 281 g/mol. The molecule has 0 saturated heterocycles. The maximum absolute atomic E-state index is 5.45. The van der Waals surface area contributed by atoms with E-state index in [-0.39, 0.29) is 6.61 Å². The van der Waals surface area contributed by atoms with Crippen LogP contribution in [0.25, 0.3) is 21.9 Å². The molecule has 82 valence electrons. The summed E-state index contributed by atoms with van der Waals surface area (Å²) in [6.45, 7) is 0.285. The predicted octanol–water partition coefficient (Wildman–Crippen LogP) is 3.33. The minimum Gasteiger partial charge on any atom is -0.464 e. The molecule has 2 heterocycles. The number of fused-ring (bicyclic) bond motifs is 2. The summed E-state index contributed by atoms with van der Waals surface area (Å²) in [7, 11) is 0. The third-order valence-corrected chi connectivity index (χ3v) is 3.38. The van der Waals surface area contributed by atoms with Crippen molar-refractivity contribution in [3.8, 4) is 0 Å². The van der Waals surface area contributed by atoms with Crippen molar-refractivity contribution in [2.45, 2.75) is 6.61 Å². The largest absolute Gasteiger partial charge is 0.464 e. The number of nitrogens with two attached hydrogens (primary N) is 1. The van der Waals surface area contributed by atoms with Crippen LogP contribution in [0, 0.1) is 0 Å². The van der Waals surface area contributed by atoms with Gasteiger partial charge in [-0.3, -0.25) is 4.84 Å². The molecule has 1 aromatic carbocycles. The second kappa shape index (κ2) is 3.62. The van der Waals surface area contributed by atoms with Gasteiger partial charge in [0.15, 0.2) is 0 Å². The van der Waals surface area contributed by atoms with E-state index in [1.54, 1.807) is 12.5 Å². The van der Waals surface area contributed by atoms with Gasteiger partial charge in [-0.25, -0.2) is 5.90 Å². The summed E-state index contributed by atoms with van der Waals surface area (Å²) in [5.74, 6) is 5.13. The molecule has 0 saturated carbocycles. The van der Waals surface area contributed by atoms with Crippen LogP contribution in [0.2, 0.25) is 0 Å². The molecule has 0 unspecified atom stereocenters. The van der Waals surface area contributed by atoms with Crippen molar-refractivity contribution in [2.75, 3.05) is 0 Å². The Balaban J connectivity index is 2.51. The SMILES string of the molecule is NOCc1c2ccoc2c(Br)c2ccoc12. The van der Waals surface area contributed by atoms with E-state index < -0.39 is 0 Å². The summed E-state index contributed by atoms with van der Waals surface area (Å²) in [6.07, 6.45) is 3.27. The molecule has 3 rings (SSSR count). The first-order chi connectivity index (χ1) is 7.83. The first-order valence-corrected chi connectivity index (χ1v) is 5.48. The van der Waals surface area contributed by atoms with E-state index in [4.69, 9.17) is 19.6 Å². The number of hydrogen-bond donors (Lipinski definition) is 1. The molecular formula is C11H8BrNO3. The van der Waals surface area contributed by atoms with Gasteiger partial charge in [-0.2, -0.15) is 0 Å². The molecule has 4 nitrogen and oxygen atoms in total. The van der Waals surface area contributed by atoms with E-state index in [1.807, 2.05) is 12.1 Å². The topological polar surface area (TPSA) is 61.5 Å². The highest BCUT2D eigenvalue weighted by Gasteiger charge is 2.16. The minimum absolute atomic E-state index is 0.285. The molecule has 5 heteroatoms. The van der Waals surface area contributed by atoms with Gasteiger partial charge in [0.25, 0.3) is 0 Å². The van der Waals surface area contributed by atoms with Crippen molar-refractivity contribution in [1.82, 2.24) is 0 Å². The van der Waals surface area contributed by atoms with E-state index in [0.717, 1.165) is 32.0 Å². The predicted molar refractivity (Wildman–Crippen MR) is 62.7 cm³/mol. The molecule has 0 spiro atoms. The fourth-order valence-corrected chi connectivity index (χ4v) is 2.52. The number of halogens is 1. The number of furan rings is 2. The van der Waals surface area contributed by atoms with Gasteiger partial charge in [-0.05, 0) is 28.1 Å². The third kappa shape index (κ3) is 1.22. The summed E-state index contributed by atoms with van der Waals surface area (Å²) in [4.78, 5) is 4.71. The summed E-state index contributed by atoms with van der Waals surface area (Å²) >= 11 is 3.50. The van der Waals surface area contributed by atoms with Crippen molar-refractivity contribution >= 4 is 37.9 Å². The third-order valence-electron chi connectivity index (χ3n) is 2.59. The maximum atomic E-state index is 5.45. The normalized spacial score (nSPS) is 11.6. The molecule has 0 aliphatic carbocycles. The summed E-state index contributed by atoms with van der Waals surface area (Å²) < 4.78 is 11.8. The highest BCUT2D eigenvalue weighted by atomic mass is 79.9. The van der Waals surface area contributed by atoms with Gasteiger partial charge in [0, 0.05) is 16.3 Å². The molecule has 2 N–H and O–H groups in total. The molecule has 0 aliphatic rings. The van der Waals surface area contributed by atoms with Gasteiger partial charge in [-0.15, -0.1) is 0 Å². The lowest BCUT2D eigenvalue weighted by molar-refractivity contribution is 0.125. The quantitative estimate of drug-likeness (QED) is 0.732. The smallest absolute Gasteiger partial charge is 0.149 e. The molecule has 2 aromatic heterocycles. The van der Waals surface area contributed by atoms with Crippen LogP contribution >= 0.6 is 15.9 Å². The number of hydrogen-bond acceptors (Lipinski definition) is 4. The first kappa shape index (κ1) is 9.89. The second-order valence-corrected chi connectivity index (χ2v) is 4.22. The van der Waals surface area contributed by atoms with Crippen molar-refractivity contribution in [3.63, 3.8) is 0 Å². The van der Waals surface area contributed by atoms with Crippen LogP contribution < -0.4 is 5.90 Å². The molecule has 0 fully saturated rings. The minimum atomic E-state index is 0.285. The zero-order chi connectivity index (χ0) is 11.1. The van der Waals surface area contributed by atoms with Gasteiger partial charge in [0.05, 0.1) is 23.6 Å². The Labute approximate surface area is 99.0 Å². The van der Waals surface area contributed by atoms with Gasteiger partial charge >= 0.3 is 0 Å². The van der Waals surface area contributed by atoms with Crippen molar-refractivity contribution in [3.05, 3.63) is 34.7 Å². The Hall–Kier alpha value is -1.30. The molecule has 0 atom stereocenters. The molecular weight excluding hydrogens is 274 g/mol. The van der Waals surface area contributed by atoms with Crippen LogP contribution in [0.15, 0.2) is 38.0 Å². The molecule has 16 heavy (non-hydrogen) atoms. The van der Waals surface area contributed by atoms with Gasteiger partial charge < -0.3 is 8.83 Å². The number of benzene rings is 1. The molecule has 0 radical (unpaired) electrons. The Morgan fingerprint density at radius 1 is 1.12 bits per heavy atom. The van der Waals surface area contributed by atoms with E-state index in [0.29, 0.717) is 0 Å². The fourth-order valence-electron chi connectivity index (χ4n) is 1.90. The van der Waals surface area contributed by atoms with Crippen LogP contribution in [-0.4, -0.2) is 0 Å². The van der Waals surface area contributed by atoms with E-state index in [1.165, 1.54) is 0 Å². The molecule has 3 aromatic rings. The van der Waals surface area contributed by atoms with Crippen molar-refractivity contribution < 1.29 is 13.7 Å². The summed E-state index contributed by atoms with van der Waals surface area (Å²) in [5, 5.41) is 1.90. The van der Waals surface area contributed by atoms with Crippen LogP contribution in [-0.2, 0) is 11.4 Å². The van der Waals surface area contributed by atoms with Crippen LogP contribution in [0.1, 0.15) is 5.56 Å². The van der Waals surface area contributed by atoms with Gasteiger partial charge in [-0.1, -0.05) is 0 Å². The van der Waals surface area contributed by atoms with E-state index in [2.05, 4.69) is 15.9 Å². The van der Waals surface area contributed by atoms with Gasteiger partial charge in [0.1, 0.15) is 11.2 Å². The lowest BCUT2D eigenvalue weighted by Crippen LogP contribution is -1.99. The lowest BCUT2D eigenvalue weighted by Gasteiger charge is -2.04. The molecule has 0 bridgehead atoms. The Morgan fingerprint density at radius 2 is 1.81 bits per heavy atom. The zero-order valence-electron chi connectivity index (χ0n) is 8.20. The zero-order valence-corrected chi connectivity index (χ0v) is 9.78. The second-order valence-electron chi connectivity index (χ2n) is 3.43. The van der Waals surface area contributed by atoms with Gasteiger partial charge in [0.2, 0.25) is 0 Å². The van der Waals surface area contributed by atoms with Crippen LogP contribution in [0.4, 0.5) is 0 Å². The average molecular weight is 282 g/mol. The highest BCUT2D eigenvalue weighted by molar-refractivity contribution is 9.10.